The summed E-state index contributed by atoms with van der Waals surface area (Å²) in [4.78, 5) is 41.3. The van der Waals surface area contributed by atoms with Gasteiger partial charge in [0.2, 0.25) is 11.8 Å². The van der Waals surface area contributed by atoms with Gasteiger partial charge in [0.05, 0.1) is 12.3 Å². The van der Waals surface area contributed by atoms with E-state index >= 15 is 0 Å². The van der Waals surface area contributed by atoms with Crippen molar-refractivity contribution >= 4 is 17.7 Å². The number of carbonyl (C=O) groups is 3. The molecule has 2 N–H and O–H groups in total. The Bertz CT molecular complexity index is 1150. The van der Waals surface area contributed by atoms with Crippen LogP contribution in [0.2, 0.25) is 0 Å². The topological polar surface area (TPSA) is 101 Å². The Morgan fingerprint density at radius 3 is 2.53 bits per heavy atom. The summed E-state index contributed by atoms with van der Waals surface area (Å²) in [5, 5.41) is 5.42. The van der Waals surface area contributed by atoms with Gasteiger partial charge in [0, 0.05) is 43.7 Å². The number of carbonyl (C=O) groups excluding carboxylic acids is 3. The lowest BCUT2D eigenvalue weighted by Crippen LogP contribution is -2.52. The number of amides is 3. The molecular formula is C27H31FN4O4. The molecule has 1 atom stereocenters. The molecule has 4 heterocycles. The van der Waals surface area contributed by atoms with E-state index in [-0.39, 0.29) is 36.1 Å². The second-order valence-corrected chi connectivity index (χ2v) is 9.85. The Hall–Kier alpha value is -3.33. The number of ether oxygens (including phenoxy) is 1. The second kappa shape index (κ2) is 10.7. The SMILES string of the molecule is Fc1cnccc1C1CNC1.O=C1CCC(N2Cc3cc(OC4CCCCC4)ccc3C2=O)C(=O)N1. The molecule has 1 unspecified atom stereocenters. The van der Waals surface area contributed by atoms with Crippen LogP contribution in [-0.2, 0) is 16.1 Å². The predicted octanol–water partition coefficient (Wildman–Crippen LogP) is 3.07. The molecule has 2 saturated heterocycles. The molecule has 3 amide bonds. The van der Waals surface area contributed by atoms with Gasteiger partial charge in [-0.15, -0.1) is 0 Å². The first-order chi connectivity index (χ1) is 17.5. The average molecular weight is 495 g/mol. The predicted molar refractivity (Wildman–Crippen MR) is 130 cm³/mol. The number of nitrogens with one attached hydrogen (secondary N) is 2. The number of aromatic nitrogens is 1. The summed E-state index contributed by atoms with van der Waals surface area (Å²) in [5.41, 5.74) is 2.31. The van der Waals surface area contributed by atoms with E-state index < -0.39 is 6.04 Å². The molecule has 3 aliphatic heterocycles. The van der Waals surface area contributed by atoms with Crippen LogP contribution in [0.15, 0.2) is 36.7 Å². The van der Waals surface area contributed by atoms with Gasteiger partial charge in [0.15, 0.2) is 0 Å². The number of benzene rings is 1. The van der Waals surface area contributed by atoms with Crippen molar-refractivity contribution in [2.75, 3.05) is 13.1 Å². The number of rotatable bonds is 4. The second-order valence-electron chi connectivity index (χ2n) is 9.85. The standard InChI is InChI=1S/C19H22N2O4.C8H9FN2/c22-17-9-8-16(18(23)20-17)21-11-12-10-14(6-7-15(12)19(21)24)25-13-4-2-1-3-5-13;9-8-5-10-2-1-7(8)6-3-11-4-6/h6-7,10,13,16H,1-5,8-9,11H2,(H,20,22,23);1-2,5-6,11H,3-4H2. The van der Waals surface area contributed by atoms with Crippen LogP contribution < -0.4 is 15.4 Å². The molecule has 9 heteroatoms. The van der Waals surface area contributed by atoms with E-state index in [2.05, 4.69) is 15.6 Å². The minimum atomic E-state index is -0.569. The zero-order valence-electron chi connectivity index (χ0n) is 20.2. The molecule has 1 aromatic carbocycles. The third-order valence-electron chi connectivity index (χ3n) is 7.38. The molecule has 8 nitrogen and oxygen atoms in total. The highest BCUT2D eigenvalue weighted by molar-refractivity contribution is 6.05. The molecule has 0 spiro atoms. The van der Waals surface area contributed by atoms with E-state index in [0.29, 0.717) is 24.4 Å². The summed E-state index contributed by atoms with van der Waals surface area (Å²) in [7, 11) is 0. The van der Waals surface area contributed by atoms with Gasteiger partial charge in [0.1, 0.15) is 17.6 Å². The summed E-state index contributed by atoms with van der Waals surface area (Å²) in [5.74, 6) is 0.180. The summed E-state index contributed by atoms with van der Waals surface area (Å²) >= 11 is 0. The van der Waals surface area contributed by atoms with Gasteiger partial charge in [-0.1, -0.05) is 6.42 Å². The number of imide groups is 1. The third-order valence-corrected chi connectivity index (χ3v) is 7.38. The van der Waals surface area contributed by atoms with E-state index in [9.17, 15) is 18.8 Å². The number of halogens is 1. The molecule has 0 radical (unpaired) electrons. The van der Waals surface area contributed by atoms with Crippen LogP contribution in [0.1, 0.15) is 72.3 Å². The Kier molecular flexibility index (Phi) is 7.27. The molecular weight excluding hydrogens is 463 g/mol. The number of nitrogens with zero attached hydrogens (tertiary/aromatic N) is 2. The van der Waals surface area contributed by atoms with Gasteiger partial charge in [-0.05, 0) is 67.5 Å². The van der Waals surface area contributed by atoms with Crippen LogP contribution in [0.5, 0.6) is 5.75 Å². The molecule has 1 saturated carbocycles. The quantitative estimate of drug-likeness (QED) is 0.634. The molecule has 1 aliphatic carbocycles. The minimum Gasteiger partial charge on any atom is -0.490 e. The van der Waals surface area contributed by atoms with Gasteiger partial charge in [-0.2, -0.15) is 0 Å². The van der Waals surface area contributed by atoms with E-state index in [1.54, 1.807) is 23.2 Å². The van der Waals surface area contributed by atoms with Gasteiger partial charge in [0.25, 0.3) is 5.91 Å². The Labute approximate surface area is 209 Å². The van der Waals surface area contributed by atoms with Gasteiger partial charge in [-0.25, -0.2) is 4.39 Å². The number of hydrogen-bond acceptors (Lipinski definition) is 6. The smallest absolute Gasteiger partial charge is 0.255 e. The highest BCUT2D eigenvalue weighted by Gasteiger charge is 2.39. The first-order valence-corrected chi connectivity index (χ1v) is 12.7. The zero-order chi connectivity index (χ0) is 25.1. The number of hydrogen-bond donors (Lipinski definition) is 2. The molecule has 1 aromatic heterocycles. The monoisotopic (exact) mass is 494 g/mol. The molecule has 190 valence electrons. The summed E-state index contributed by atoms with van der Waals surface area (Å²) in [6.45, 7) is 2.17. The molecule has 6 rings (SSSR count). The maximum Gasteiger partial charge on any atom is 0.255 e. The first kappa shape index (κ1) is 24.4. The summed E-state index contributed by atoms with van der Waals surface area (Å²) in [6.07, 6.45) is 9.67. The van der Waals surface area contributed by atoms with E-state index in [0.717, 1.165) is 42.8 Å². The summed E-state index contributed by atoms with van der Waals surface area (Å²) in [6, 6.07) is 6.75. The Morgan fingerprint density at radius 2 is 1.83 bits per heavy atom. The highest BCUT2D eigenvalue weighted by Crippen LogP contribution is 2.31. The fourth-order valence-electron chi connectivity index (χ4n) is 5.23. The first-order valence-electron chi connectivity index (χ1n) is 12.7. The fraction of sp³-hybridized carbons (Fsp3) is 0.481. The van der Waals surface area contributed by atoms with Crippen molar-refractivity contribution < 1.29 is 23.5 Å². The van der Waals surface area contributed by atoms with Crippen LogP contribution in [0.4, 0.5) is 4.39 Å². The minimum absolute atomic E-state index is 0.145. The van der Waals surface area contributed by atoms with E-state index in [1.165, 1.54) is 25.5 Å². The highest BCUT2D eigenvalue weighted by atomic mass is 19.1. The molecule has 36 heavy (non-hydrogen) atoms. The van der Waals surface area contributed by atoms with Crippen molar-refractivity contribution in [1.82, 2.24) is 20.5 Å². The lowest BCUT2D eigenvalue weighted by molar-refractivity contribution is -0.136. The Morgan fingerprint density at radius 1 is 1.03 bits per heavy atom. The van der Waals surface area contributed by atoms with Crippen LogP contribution in [0.25, 0.3) is 0 Å². The lowest BCUT2D eigenvalue weighted by Gasteiger charge is -2.29. The number of pyridine rings is 1. The van der Waals surface area contributed by atoms with Crippen molar-refractivity contribution in [3.05, 3.63) is 59.2 Å². The lowest BCUT2D eigenvalue weighted by atomic mass is 9.94. The molecule has 4 aliphatic rings. The maximum absolute atomic E-state index is 13.0. The van der Waals surface area contributed by atoms with Gasteiger partial charge < -0.3 is 15.0 Å². The molecule has 2 aromatic rings. The van der Waals surface area contributed by atoms with E-state index in [1.807, 2.05) is 12.1 Å². The van der Waals surface area contributed by atoms with Gasteiger partial charge >= 0.3 is 0 Å². The van der Waals surface area contributed by atoms with Crippen molar-refractivity contribution in [3.63, 3.8) is 0 Å². The zero-order valence-corrected chi connectivity index (χ0v) is 20.2. The van der Waals surface area contributed by atoms with Crippen molar-refractivity contribution in [3.8, 4) is 5.75 Å². The van der Waals surface area contributed by atoms with Crippen LogP contribution in [0, 0.1) is 5.82 Å². The van der Waals surface area contributed by atoms with Gasteiger partial charge in [-0.3, -0.25) is 24.7 Å². The Balaban J connectivity index is 0.000000202. The van der Waals surface area contributed by atoms with Crippen molar-refractivity contribution in [2.45, 2.75) is 69.6 Å². The largest absolute Gasteiger partial charge is 0.490 e. The fourth-order valence-corrected chi connectivity index (χ4v) is 5.23. The average Bonchev–Trinajstić information content (AvgIpc) is 3.16. The number of piperidine rings is 1. The maximum atomic E-state index is 13.0. The van der Waals surface area contributed by atoms with E-state index in [4.69, 9.17) is 4.74 Å². The van der Waals surface area contributed by atoms with Crippen molar-refractivity contribution in [1.29, 1.82) is 0 Å². The molecule has 0 bridgehead atoms. The van der Waals surface area contributed by atoms with Crippen LogP contribution >= 0.6 is 0 Å². The number of fused-ring (bicyclic) bond motifs is 1. The van der Waals surface area contributed by atoms with Crippen LogP contribution in [-0.4, -0.2) is 52.8 Å². The summed E-state index contributed by atoms with van der Waals surface area (Å²) < 4.78 is 19.0. The van der Waals surface area contributed by atoms with Crippen LogP contribution in [0.3, 0.4) is 0 Å². The van der Waals surface area contributed by atoms with Crippen molar-refractivity contribution in [2.24, 2.45) is 0 Å². The normalized spacial score (nSPS) is 22.3. The molecule has 3 fully saturated rings. The third kappa shape index (κ3) is 5.26.